The van der Waals surface area contributed by atoms with Gasteiger partial charge in [-0.1, -0.05) is 23.2 Å². The number of hydrogen-bond donors (Lipinski definition) is 1. The number of fused-ring (bicyclic) bond motifs is 6. The Bertz CT molecular complexity index is 2110. The first-order chi connectivity index (χ1) is 23.0. The van der Waals surface area contributed by atoms with Crippen LogP contribution in [0.5, 0.6) is 5.75 Å². The normalized spacial score (nSPS) is 16.8. The van der Waals surface area contributed by atoms with Gasteiger partial charge < -0.3 is 14.4 Å². The van der Waals surface area contributed by atoms with E-state index < -0.39 is 5.97 Å². The molecule has 0 spiro atoms. The molecule has 13 heteroatoms. The van der Waals surface area contributed by atoms with Crippen LogP contribution in [0, 0.1) is 5.82 Å². The fourth-order valence-corrected chi connectivity index (χ4v) is 8.20. The fraction of sp³-hybridized carbons (Fsp3) is 0.286. The smallest absolute Gasteiger partial charge is 0.352 e. The maximum Gasteiger partial charge on any atom is 0.352 e. The Morgan fingerprint density at radius 2 is 1.88 bits per heavy atom. The third kappa shape index (κ3) is 7.05. The molecule has 2 aromatic heterocycles. The minimum absolute atomic E-state index is 0.146. The summed E-state index contributed by atoms with van der Waals surface area (Å²) in [7, 11) is 5.52. The highest BCUT2D eigenvalue weighted by Crippen LogP contribution is 2.40. The highest BCUT2D eigenvalue weighted by Gasteiger charge is 2.25. The van der Waals surface area contributed by atoms with Crippen LogP contribution in [-0.4, -0.2) is 56.1 Å². The predicted molar refractivity (Wildman–Crippen MR) is 196 cm³/mol. The Labute approximate surface area is 296 Å². The standard InChI is InChI=1S/C35H34Cl2FN5O3S2/c1-20-12-28-29(36)17-30(37)32-27(34(35(44)45)41(2)33(28)32)6-5-10-46-31-16-25(14-21-13-22(38)7-8-26(21)31)48-19-24-15-23(40-43(24)4)18-47-11-9-39-42(20)3/h7-9,12-17H,5-6,10-11,18-19H2,1-4H3,(H,44,45)/b20-12+,39-9+. The van der Waals surface area contributed by atoms with Crippen LogP contribution in [0.2, 0.25) is 10.0 Å². The van der Waals surface area contributed by atoms with Crippen molar-refractivity contribution in [1.82, 2.24) is 19.4 Å². The summed E-state index contributed by atoms with van der Waals surface area (Å²) in [4.78, 5) is 13.6. The molecule has 5 aromatic rings. The monoisotopic (exact) mass is 725 g/mol. The number of carboxylic acids is 1. The van der Waals surface area contributed by atoms with Crippen LogP contribution in [0.25, 0.3) is 27.8 Å². The molecule has 3 aromatic carbocycles. The molecule has 8 bridgehead atoms. The van der Waals surface area contributed by atoms with E-state index >= 15 is 0 Å². The summed E-state index contributed by atoms with van der Waals surface area (Å²) in [6.07, 6.45) is 4.66. The maximum atomic E-state index is 14.3. The molecule has 250 valence electrons. The van der Waals surface area contributed by atoms with Gasteiger partial charge in [-0.05, 0) is 79.3 Å². The molecule has 0 saturated carbocycles. The van der Waals surface area contributed by atoms with Crippen molar-refractivity contribution in [2.24, 2.45) is 19.2 Å². The molecule has 1 aliphatic rings. The molecular weight excluding hydrogens is 692 g/mol. The van der Waals surface area contributed by atoms with E-state index in [0.29, 0.717) is 68.8 Å². The molecule has 48 heavy (non-hydrogen) atoms. The van der Waals surface area contributed by atoms with Crippen molar-refractivity contribution in [2.45, 2.75) is 36.2 Å². The van der Waals surface area contributed by atoms with Crippen LogP contribution < -0.4 is 4.74 Å². The average Bonchev–Trinajstić information content (AvgIpc) is 3.54. The van der Waals surface area contributed by atoms with Crippen molar-refractivity contribution in [2.75, 3.05) is 19.4 Å². The summed E-state index contributed by atoms with van der Waals surface area (Å²) in [5.74, 6) is 1.36. The summed E-state index contributed by atoms with van der Waals surface area (Å²) >= 11 is 16.9. The topological polar surface area (TPSA) is 84.9 Å². The Morgan fingerprint density at radius 3 is 2.67 bits per heavy atom. The zero-order chi connectivity index (χ0) is 34.1. The van der Waals surface area contributed by atoms with Gasteiger partial charge in [-0.3, -0.25) is 9.69 Å². The molecule has 0 atom stereocenters. The lowest BCUT2D eigenvalue weighted by Gasteiger charge is -2.15. The Kier molecular flexibility index (Phi) is 10.3. The number of aryl methyl sites for hydroxylation is 3. The third-order valence-corrected chi connectivity index (χ3v) is 10.9. The molecule has 8 nitrogen and oxygen atoms in total. The number of carboxylic acid groups (broad SMARTS) is 1. The van der Waals surface area contributed by atoms with Gasteiger partial charge in [-0.2, -0.15) is 10.2 Å². The van der Waals surface area contributed by atoms with Gasteiger partial charge in [-0.25, -0.2) is 9.18 Å². The fourth-order valence-electron chi connectivity index (χ4n) is 5.96. The van der Waals surface area contributed by atoms with Gasteiger partial charge in [0.15, 0.2) is 0 Å². The summed E-state index contributed by atoms with van der Waals surface area (Å²) in [5.41, 5.74) is 4.92. The van der Waals surface area contributed by atoms with Crippen LogP contribution >= 0.6 is 46.7 Å². The zero-order valence-corrected chi connectivity index (χ0v) is 30.0. The minimum Gasteiger partial charge on any atom is -0.493 e. The van der Waals surface area contributed by atoms with E-state index in [4.69, 9.17) is 33.0 Å². The first-order valence-corrected chi connectivity index (χ1v) is 18.2. The van der Waals surface area contributed by atoms with Gasteiger partial charge in [0.1, 0.15) is 17.3 Å². The van der Waals surface area contributed by atoms with Crippen molar-refractivity contribution in [3.8, 4) is 5.75 Å². The first-order valence-electron chi connectivity index (χ1n) is 15.3. The van der Waals surface area contributed by atoms with E-state index in [1.807, 2.05) is 50.1 Å². The number of halogens is 3. The van der Waals surface area contributed by atoms with Crippen LogP contribution in [0.15, 0.2) is 58.2 Å². The van der Waals surface area contributed by atoms with E-state index in [1.54, 1.807) is 52.3 Å². The van der Waals surface area contributed by atoms with Gasteiger partial charge in [0.2, 0.25) is 0 Å². The van der Waals surface area contributed by atoms with Gasteiger partial charge in [0.25, 0.3) is 0 Å². The van der Waals surface area contributed by atoms with E-state index in [1.165, 1.54) is 12.1 Å². The minimum atomic E-state index is -1.06. The van der Waals surface area contributed by atoms with Crippen LogP contribution in [0.3, 0.4) is 0 Å². The van der Waals surface area contributed by atoms with Crippen molar-refractivity contribution < 1.29 is 19.0 Å². The molecule has 0 unspecified atom stereocenters. The van der Waals surface area contributed by atoms with E-state index in [0.717, 1.165) is 38.5 Å². The lowest BCUT2D eigenvalue weighted by molar-refractivity contribution is 0.0685. The molecule has 6 rings (SSSR count). The third-order valence-electron chi connectivity index (χ3n) is 8.36. The van der Waals surface area contributed by atoms with E-state index in [2.05, 4.69) is 11.2 Å². The number of carbonyl (C=O) groups is 1. The summed E-state index contributed by atoms with van der Waals surface area (Å²) in [6, 6.07) is 12.4. The second-order valence-electron chi connectivity index (χ2n) is 11.6. The molecule has 0 fully saturated rings. The molecular formula is C35H34Cl2FN5O3S2. The molecule has 0 radical (unpaired) electrons. The number of thioether (sulfide) groups is 2. The first kappa shape index (κ1) is 34.2. The highest BCUT2D eigenvalue weighted by atomic mass is 35.5. The summed E-state index contributed by atoms with van der Waals surface area (Å²) in [6.45, 7) is 2.23. The summed E-state index contributed by atoms with van der Waals surface area (Å²) in [5, 5.41) is 24.4. The van der Waals surface area contributed by atoms with Crippen molar-refractivity contribution >= 4 is 86.7 Å². The molecule has 3 heterocycles. The van der Waals surface area contributed by atoms with Crippen LogP contribution in [0.1, 0.15) is 46.3 Å². The number of aromatic carboxylic acids is 1. The number of allylic oxidation sites excluding steroid dienone is 1. The molecule has 1 aliphatic heterocycles. The van der Waals surface area contributed by atoms with Crippen LogP contribution in [-0.2, 0) is 32.0 Å². The number of hydrazone groups is 1. The average molecular weight is 727 g/mol. The van der Waals surface area contributed by atoms with Crippen molar-refractivity contribution in [3.05, 3.63) is 92.2 Å². The zero-order valence-electron chi connectivity index (χ0n) is 26.9. The van der Waals surface area contributed by atoms with E-state index in [9.17, 15) is 14.3 Å². The predicted octanol–water partition coefficient (Wildman–Crippen LogP) is 9.04. The number of rotatable bonds is 1. The quantitative estimate of drug-likeness (QED) is 0.185. The largest absolute Gasteiger partial charge is 0.493 e. The Hall–Kier alpha value is -3.64. The molecule has 0 amide bonds. The SMILES string of the molecule is C/C1=C\c2c(Cl)cc(Cl)c3c(c(C(=O)O)n(C)c23)CCCOc2cc(cc3cc(F)ccc23)SCc2cc(nn2C)CSC/C=N/N1C. The number of aromatic nitrogens is 3. The second-order valence-corrected chi connectivity index (χ2v) is 14.5. The molecule has 1 N–H and O–H groups in total. The van der Waals surface area contributed by atoms with Gasteiger partial charge >= 0.3 is 5.97 Å². The Morgan fingerprint density at radius 1 is 1.06 bits per heavy atom. The van der Waals surface area contributed by atoms with E-state index in [-0.39, 0.29) is 11.5 Å². The highest BCUT2D eigenvalue weighted by molar-refractivity contribution is 7.99. The maximum absolute atomic E-state index is 14.3. The molecule has 0 saturated heterocycles. The number of ether oxygens (including phenoxy) is 1. The number of hydrogen-bond acceptors (Lipinski definition) is 7. The van der Waals surface area contributed by atoms with Gasteiger partial charge in [-0.15, -0.1) is 23.5 Å². The summed E-state index contributed by atoms with van der Waals surface area (Å²) < 4.78 is 24.2. The van der Waals surface area contributed by atoms with Crippen molar-refractivity contribution in [3.63, 3.8) is 0 Å². The molecule has 0 aliphatic carbocycles. The van der Waals surface area contributed by atoms with Gasteiger partial charge in [0.05, 0.1) is 27.9 Å². The Balaban J connectivity index is 1.41. The lowest BCUT2D eigenvalue weighted by atomic mass is 10.0. The van der Waals surface area contributed by atoms with Crippen LogP contribution in [0.4, 0.5) is 4.39 Å². The lowest BCUT2D eigenvalue weighted by Crippen LogP contribution is -2.09. The number of benzene rings is 3. The van der Waals surface area contributed by atoms with Crippen molar-refractivity contribution in [1.29, 1.82) is 0 Å². The second kappa shape index (κ2) is 14.5. The number of nitrogens with zero attached hydrogens (tertiary/aromatic N) is 5. The van der Waals surface area contributed by atoms with Gasteiger partial charge in [0, 0.05) is 77.2 Å².